The Morgan fingerprint density at radius 3 is 2.27 bits per heavy atom. The summed E-state index contributed by atoms with van der Waals surface area (Å²) in [6.07, 6.45) is -8.85. The Bertz CT molecular complexity index is 1500. The number of carbonyl (C=O) groups excluding carboxylic acids is 2. The molecule has 2 heterocycles. The zero-order chi connectivity index (χ0) is 32.1. The van der Waals surface area contributed by atoms with Crippen LogP contribution in [0.1, 0.15) is 42.9 Å². The summed E-state index contributed by atoms with van der Waals surface area (Å²) in [4.78, 5) is 27.6. The van der Waals surface area contributed by atoms with Gasteiger partial charge in [0.2, 0.25) is 11.8 Å². The first-order valence-electron chi connectivity index (χ1n) is 13.9. The number of aromatic hydroxyl groups is 1. The summed E-state index contributed by atoms with van der Waals surface area (Å²) in [6.45, 7) is 1.33. The fourth-order valence-electron chi connectivity index (χ4n) is 6.56. The molecule has 0 spiro atoms. The molecule has 3 aliphatic rings. The number of halogens is 6. The maximum absolute atomic E-state index is 13.7. The van der Waals surface area contributed by atoms with Crippen molar-refractivity contribution in [2.45, 2.75) is 51.0 Å². The van der Waals surface area contributed by atoms with Crippen molar-refractivity contribution in [1.82, 2.24) is 0 Å². The van der Waals surface area contributed by atoms with Gasteiger partial charge in [0.15, 0.2) is 0 Å². The van der Waals surface area contributed by atoms with Crippen LogP contribution in [0.4, 0.5) is 32.0 Å². The summed E-state index contributed by atoms with van der Waals surface area (Å²) in [5.41, 5.74) is -1.65. The van der Waals surface area contributed by atoms with E-state index in [1.807, 2.05) is 13.0 Å². The molecule has 3 N–H and O–H groups in total. The lowest BCUT2D eigenvalue weighted by Crippen LogP contribution is -2.46. The van der Waals surface area contributed by atoms with Gasteiger partial charge in [-0.3, -0.25) is 9.59 Å². The number of nitrogens with zero attached hydrogens (tertiary/aromatic N) is 1. The van der Waals surface area contributed by atoms with Crippen molar-refractivity contribution in [3.05, 3.63) is 75.9 Å². The van der Waals surface area contributed by atoms with Gasteiger partial charge in [-0.15, -0.1) is 0 Å². The Balaban J connectivity index is 1.46. The number of aliphatic hydroxyl groups is 1. The second-order valence-corrected chi connectivity index (χ2v) is 11.4. The number of phenols is 1. The molecule has 0 unspecified atom stereocenters. The molecule has 5 rings (SSSR count). The molecule has 14 heteroatoms. The minimum Gasteiger partial charge on any atom is -0.508 e. The molecule has 2 aromatic carbocycles. The molecule has 1 aliphatic carbocycles. The first kappa shape index (κ1) is 31.8. The minimum absolute atomic E-state index is 0.0819. The highest BCUT2D eigenvalue weighted by atomic mass is 19.4. The number of allylic oxidation sites excluding steroid dienone is 1. The molecule has 0 saturated carbocycles. The van der Waals surface area contributed by atoms with E-state index in [0.717, 1.165) is 11.1 Å². The number of benzene rings is 2. The molecule has 44 heavy (non-hydrogen) atoms. The monoisotopic (exact) mass is 623 g/mol. The maximum atomic E-state index is 13.7. The van der Waals surface area contributed by atoms with Crippen molar-refractivity contribution in [2.24, 2.45) is 17.8 Å². The van der Waals surface area contributed by atoms with Gasteiger partial charge in [0, 0.05) is 0 Å². The van der Waals surface area contributed by atoms with Crippen LogP contribution in [0.3, 0.4) is 0 Å². The highest BCUT2D eigenvalue weighted by Gasteiger charge is 2.58. The number of phenolic OH excluding ortho intramolecular Hbond substituents is 1. The van der Waals surface area contributed by atoms with E-state index in [0.29, 0.717) is 41.0 Å². The number of hydrogen-bond acceptors (Lipinski definition) is 6. The smallest absolute Gasteiger partial charge is 0.455 e. The van der Waals surface area contributed by atoms with Crippen molar-refractivity contribution in [1.29, 1.82) is 0 Å². The highest BCUT2D eigenvalue weighted by Crippen LogP contribution is 2.52. The van der Waals surface area contributed by atoms with Gasteiger partial charge in [0.05, 0.1) is 41.4 Å². The number of hydrogen-bond donors (Lipinski definition) is 3. The Morgan fingerprint density at radius 1 is 1.02 bits per heavy atom. The van der Waals surface area contributed by atoms with Crippen LogP contribution < -0.4 is 4.90 Å². The quantitative estimate of drug-likeness (QED) is 0.167. The molecule has 0 radical (unpaired) electrons. The second kappa shape index (κ2) is 11.7. The molecule has 0 aromatic heterocycles. The Labute approximate surface area is 248 Å². The molecule has 2 saturated heterocycles. The number of alkyl halides is 6. The van der Waals surface area contributed by atoms with Crippen molar-refractivity contribution < 1.29 is 55.8 Å². The number of amides is 2. The topological polar surface area (TPSA) is 107 Å². The Kier molecular flexibility index (Phi) is 8.47. The van der Waals surface area contributed by atoms with Crippen LogP contribution >= 0.6 is 0 Å². The molecular weight excluding hydrogens is 595 g/mol. The maximum Gasteiger partial charge on any atom is 0.455 e. The second-order valence-electron chi connectivity index (χ2n) is 11.4. The van der Waals surface area contributed by atoms with Gasteiger partial charge >= 0.3 is 19.5 Å². The van der Waals surface area contributed by atoms with Gasteiger partial charge in [0.25, 0.3) is 0 Å². The van der Waals surface area contributed by atoms with Crippen molar-refractivity contribution in [3.8, 4) is 5.75 Å². The summed E-state index contributed by atoms with van der Waals surface area (Å²) in [5.74, 6) is -5.02. The van der Waals surface area contributed by atoms with E-state index < -0.39 is 78.6 Å². The number of imide groups is 1. The third kappa shape index (κ3) is 6.15. The van der Waals surface area contributed by atoms with Gasteiger partial charge in [-0.1, -0.05) is 23.8 Å². The van der Waals surface area contributed by atoms with Gasteiger partial charge in [0.1, 0.15) is 5.75 Å². The van der Waals surface area contributed by atoms with E-state index in [1.54, 1.807) is 18.2 Å². The van der Waals surface area contributed by atoms with Crippen LogP contribution in [0, 0.1) is 17.8 Å². The minimum atomic E-state index is -5.18. The molecule has 0 bridgehead atoms. The molecule has 2 amide bonds. The fourth-order valence-corrected chi connectivity index (χ4v) is 6.56. The molecule has 2 fully saturated rings. The number of fused-ring (bicyclic) bond motifs is 3. The lowest BCUT2D eigenvalue weighted by Gasteiger charge is -2.42. The van der Waals surface area contributed by atoms with E-state index in [4.69, 9.17) is 4.65 Å². The van der Waals surface area contributed by atoms with E-state index in [-0.39, 0.29) is 24.6 Å². The molecular formula is C30H28BF6NO6. The summed E-state index contributed by atoms with van der Waals surface area (Å²) in [6, 6.07) is 7.18. The average molecular weight is 623 g/mol. The molecule has 234 valence electrons. The number of anilines is 1. The number of carbonyl (C=O) groups is 2. The standard InChI is InChI=1S/C30H28BF6NO6/c1-15(7-16-3-2-4-21(40)8-16)5-6-24-25-17(14-39)9-22-26(23(25)13-31(43)44-24)28(42)38(27(22)41)20-11-18(29(32,33)34)10-19(12-20)30(35,36)37/h2-4,7-8,10-12,22-24,26,39-40,43H,5-6,9,13-14H2,1H3/b15-7+/t22-,23+,24-,26-/m1/s1. The SMILES string of the molecule is C/C(=C\c1cccc(O)c1)CC[C@H]1OB(O)C[C@H]2C1=C(CO)C[C@H]1C(=O)N(c3cc(C(F)(F)F)cc(C(F)(F)F)c3)C(=O)[C@H]12. The number of aliphatic hydroxyl groups excluding tert-OH is 1. The van der Waals surface area contributed by atoms with E-state index in [2.05, 4.69) is 0 Å². The van der Waals surface area contributed by atoms with Gasteiger partial charge in [-0.05, 0) is 85.5 Å². The lowest BCUT2D eigenvalue weighted by molar-refractivity contribution is -0.143. The zero-order valence-electron chi connectivity index (χ0n) is 23.3. The van der Waals surface area contributed by atoms with Crippen LogP contribution in [0.2, 0.25) is 6.32 Å². The van der Waals surface area contributed by atoms with Gasteiger partial charge in [-0.2, -0.15) is 26.3 Å². The fraction of sp³-hybridized carbons (Fsp3) is 0.400. The van der Waals surface area contributed by atoms with Crippen molar-refractivity contribution >= 4 is 30.7 Å². The normalized spacial score (nSPS) is 24.6. The summed E-state index contributed by atoms with van der Waals surface area (Å²) >= 11 is 0. The van der Waals surface area contributed by atoms with E-state index in [1.165, 1.54) is 6.07 Å². The third-order valence-electron chi connectivity index (χ3n) is 8.41. The Morgan fingerprint density at radius 2 is 1.68 bits per heavy atom. The highest BCUT2D eigenvalue weighted by molar-refractivity contribution is 6.43. The van der Waals surface area contributed by atoms with E-state index in [9.17, 15) is 51.2 Å². The first-order valence-corrected chi connectivity index (χ1v) is 13.9. The average Bonchev–Trinajstić information content (AvgIpc) is 3.19. The number of rotatable bonds is 6. The van der Waals surface area contributed by atoms with Crippen LogP contribution in [-0.4, -0.2) is 46.9 Å². The van der Waals surface area contributed by atoms with Crippen LogP contribution in [-0.2, 0) is 26.6 Å². The first-order chi connectivity index (χ1) is 20.6. The lowest BCUT2D eigenvalue weighted by atomic mass is 9.58. The summed E-state index contributed by atoms with van der Waals surface area (Å²) < 4.78 is 87.0. The Hall–Kier alpha value is -3.62. The predicted molar refractivity (Wildman–Crippen MR) is 147 cm³/mol. The summed E-state index contributed by atoms with van der Waals surface area (Å²) in [7, 11) is -1.37. The summed E-state index contributed by atoms with van der Waals surface area (Å²) in [5, 5.41) is 30.6. The van der Waals surface area contributed by atoms with Crippen molar-refractivity contribution in [3.63, 3.8) is 0 Å². The van der Waals surface area contributed by atoms with Crippen LogP contribution in [0.5, 0.6) is 5.75 Å². The molecule has 4 atom stereocenters. The van der Waals surface area contributed by atoms with E-state index >= 15 is 0 Å². The van der Waals surface area contributed by atoms with Crippen LogP contribution in [0.15, 0.2) is 59.2 Å². The van der Waals surface area contributed by atoms with Gasteiger partial charge in [-0.25, -0.2) is 4.90 Å². The molecule has 2 aliphatic heterocycles. The third-order valence-corrected chi connectivity index (χ3v) is 8.41. The largest absolute Gasteiger partial charge is 0.508 e. The predicted octanol–water partition coefficient (Wildman–Crippen LogP) is 5.61. The zero-order valence-corrected chi connectivity index (χ0v) is 23.3. The van der Waals surface area contributed by atoms with Crippen LogP contribution in [0.25, 0.3) is 6.08 Å². The van der Waals surface area contributed by atoms with Crippen molar-refractivity contribution in [2.75, 3.05) is 11.5 Å². The molecule has 7 nitrogen and oxygen atoms in total. The van der Waals surface area contributed by atoms with Gasteiger partial charge < -0.3 is 19.9 Å². The molecule has 2 aromatic rings.